The van der Waals surface area contributed by atoms with Crippen molar-refractivity contribution < 1.29 is 0 Å². The number of nitrogens with two attached hydrogens (primary N) is 1. The first-order valence-electron chi connectivity index (χ1n) is 5.60. The third-order valence-corrected chi connectivity index (χ3v) is 3.83. The minimum absolute atomic E-state index is 0.332. The maximum Gasteiger partial charge on any atom is 0.107 e. The van der Waals surface area contributed by atoms with Crippen LogP contribution in [0.1, 0.15) is 11.1 Å². The van der Waals surface area contributed by atoms with E-state index in [4.69, 9.17) is 29.6 Å². The Balaban J connectivity index is 2.44. The van der Waals surface area contributed by atoms with E-state index < -0.39 is 0 Å². The summed E-state index contributed by atoms with van der Waals surface area (Å²) >= 11 is 14.7. The lowest BCUT2D eigenvalue weighted by Crippen LogP contribution is -2.12. The van der Waals surface area contributed by atoms with E-state index in [9.17, 15) is 0 Å². The van der Waals surface area contributed by atoms with E-state index in [1.54, 1.807) is 0 Å². The summed E-state index contributed by atoms with van der Waals surface area (Å²) in [6.07, 6.45) is 0. The van der Waals surface area contributed by atoms with Crippen LogP contribution >= 0.6 is 39.7 Å². The summed E-state index contributed by atoms with van der Waals surface area (Å²) in [6, 6.07) is 11.6. The predicted molar refractivity (Wildman–Crippen MR) is 89.5 cm³/mol. The Bertz CT molecular complexity index is 643. The highest BCUT2D eigenvalue weighted by atomic mass is 79.9. The second kappa shape index (κ2) is 5.90. The fraction of sp³-hybridized carbons (Fsp3) is 0.0714. The SMILES string of the molecule is Cc1ccc(Nc2cccc(Br)c2C(N)=S)c(Cl)c1. The number of thiocarbonyl (C=S) groups is 1. The van der Waals surface area contributed by atoms with Crippen molar-refractivity contribution in [3.05, 3.63) is 57.0 Å². The van der Waals surface area contributed by atoms with Crippen molar-refractivity contribution >= 4 is 56.1 Å². The number of rotatable bonds is 3. The normalized spacial score (nSPS) is 10.3. The highest BCUT2D eigenvalue weighted by molar-refractivity contribution is 9.10. The average molecular weight is 356 g/mol. The summed E-state index contributed by atoms with van der Waals surface area (Å²) in [5.74, 6) is 0. The smallest absolute Gasteiger partial charge is 0.107 e. The van der Waals surface area contributed by atoms with Crippen LogP contribution in [0.4, 0.5) is 11.4 Å². The van der Waals surface area contributed by atoms with Crippen LogP contribution in [0.5, 0.6) is 0 Å². The van der Waals surface area contributed by atoms with Crippen molar-refractivity contribution in [2.24, 2.45) is 5.73 Å². The molecule has 2 aromatic rings. The molecule has 98 valence electrons. The Hall–Kier alpha value is -1.10. The molecule has 0 spiro atoms. The van der Waals surface area contributed by atoms with E-state index in [1.165, 1.54) is 0 Å². The van der Waals surface area contributed by atoms with E-state index in [1.807, 2.05) is 43.3 Å². The third kappa shape index (κ3) is 3.26. The van der Waals surface area contributed by atoms with Gasteiger partial charge in [0.15, 0.2) is 0 Å². The summed E-state index contributed by atoms with van der Waals surface area (Å²) in [5, 5.41) is 3.92. The second-order valence-electron chi connectivity index (χ2n) is 4.13. The Labute approximate surface area is 131 Å². The zero-order chi connectivity index (χ0) is 14.0. The molecule has 0 aliphatic carbocycles. The molecular formula is C14H12BrClN2S. The number of aryl methyl sites for hydroxylation is 1. The molecule has 0 fully saturated rings. The van der Waals surface area contributed by atoms with E-state index in [-0.39, 0.29) is 0 Å². The van der Waals surface area contributed by atoms with E-state index in [2.05, 4.69) is 21.2 Å². The first-order valence-corrected chi connectivity index (χ1v) is 7.18. The van der Waals surface area contributed by atoms with Crippen LogP contribution in [-0.4, -0.2) is 4.99 Å². The van der Waals surface area contributed by atoms with Gasteiger partial charge >= 0.3 is 0 Å². The monoisotopic (exact) mass is 354 g/mol. The molecule has 0 bridgehead atoms. The molecule has 0 heterocycles. The average Bonchev–Trinajstić information content (AvgIpc) is 2.32. The summed E-state index contributed by atoms with van der Waals surface area (Å²) in [4.78, 5) is 0.332. The fourth-order valence-corrected chi connectivity index (χ4v) is 2.96. The van der Waals surface area contributed by atoms with Crippen LogP contribution in [0.3, 0.4) is 0 Å². The fourth-order valence-electron chi connectivity index (χ4n) is 1.75. The van der Waals surface area contributed by atoms with Gasteiger partial charge in [0.1, 0.15) is 4.99 Å². The van der Waals surface area contributed by atoms with Gasteiger partial charge in [-0.05, 0) is 52.7 Å². The molecule has 2 nitrogen and oxygen atoms in total. The van der Waals surface area contributed by atoms with Crippen LogP contribution in [0.25, 0.3) is 0 Å². The first kappa shape index (κ1) is 14.3. The summed E-state index contributed by atoms with van der Waals surface area (Å²) in [5.41, 5.74) is 9.29. The summed E-state index contributed by atoms with van der Waals surface area (Å²) < 4.78 is 0.855. The molecule has 0 unspecified atom stereocenters. The number of benzene rings is 2. The van der Waals surface area contributed by atoms with Gasteiger partial charge in [-0.15, -0.1) is 0 Å². The summed E-state index contributed by atoms with van der Waals surface area (Å²) in [6.45, 7) is 2.00. The van der Waals surface area contributed by atoms with E-state index in [0.29, 0.717) is 10.0 Å². The van der Waals surface area contributed by atoms with Crippen molar-refractivity contribution in [3.63, 3.8) is 0 Å². The minimum atomic E-state index is 0.332. The predicted octanol–water partition coefficient (Wildman–Crippen LogP) is 4.79. The maximum absolute atomic E-state index is 6.21. The van der Waals surface area contributed by atoms with Gasteiger partial charge in [-0.3, -0.25) is 0 Å². The lowest BCUT2D eigenvalue weighted by atomic mass is 10.1. The van der Waals surface area contributed by atoms with Crippen molar-refractivity contribution in [1.82, 2.24) is 0 Å². The highest BCUT2D eigenvalue weighted by Crippen LogP contribution is 2.31. The van der Waals surface area contributed by atoms with Crippen LogP contribution in [0.15, 0.2) is 40.9 Å². The summed E-state index contributed by atoms with van der Waals surface area (Å²) in [7, 11) is 0. The van der Waals surface area contributed by atoms with Crippen molar-refractivity contribution in [3.8, 4) is 0 Å². The number of halogens is 2. The maximum atomic E-state index is 6.21. The molecular weight excluding hydrogens is 344 g/mol. The third-order valence-electron chi connectivity index (χ3n) is 2.65. The van der Waals surface area contributed by atoms with E-state index in [0.717, 1.165) is 27.0 Å². The van der Waals surface area contributed by atoms with Crippen LogP contribution in [-0.2, 0) is 0 Å². The molecule has 0 radical (unpaired) electrons. The molecule has 3 N–H and O–H groups in total. The molecule has 5 heteroatoms. The second-order valence-corrected chi connectivity index (χ2v) is 5.84. The lowest BCUT2D eigenvalue weighted by molar-refractivity contribution is 1.44. The molecule has 0 saturated carbocycles. The largest absolute Gasteiger partial charge is 0.389 e. The molecule has 2 aromatic carbocycles. The van der Waals surface area contributed by atoms with E-state index >= 15 is 0 Å². The Morgan fingerprint density at radius 2 is 2.00 bits per heavy atom. The van der Waals surface area contributed by atoms with Gasteiger partial charge in [-0.2, -0.15) is 0 Å². The molecule has 0 aliphatic rings. The van der Waals surface area contributed by atoms with Crippen molar-refractivity contribution in [1.29, 1.82) is 0 Å². The number of hydrogen-bond acceptors (Lipinski definition) is 2. The van der Waals surface area contributed by atoms with Gasteiger partial charge in [0.25, 0.3) is 0 Å². The van der Waals surface area contributed by atoms with Gasteiger partial charge in [-0.25, -0.2) is 0 Å². The molecule has 0 atom stereocenters. The number of hydrogen-bond donors (Lipinski definition) is 2. The topological polar surface area (TPSA) is 38.0 Å². The van der Waals surface area contributed by atoms with Gasteiger partial charge in [0.05, 0.1) is 10.7 Å². The van der Waals surface area contributed by atoms with Crippen LogP contribution in [0, 0.1) is 6.92 Å². The Kier molecular flexibility index (Phi) is 4.45. The Morgan fingerprint density at radius 3 is 2.63 bits per heavy atom. The van der Waals surface area contributed by atoms with Gasteiger partial charge in [-0.1, -0.05) is 36.0 Å². The van der Waals surface area contributed by atoms with Crippen LogP contribution < -0.4 is 11.1 Å². The minimum Gasteiger partial charge on any atom is -0.389 e. The standard InChI is InChI=1S/C14H12BrClN2S/c1-8-5-6-11(10(16)7-8)18-12-4-2-3-9(15)13(12)14(17)19/h2-7,18H,1H3,(H2,17,19). The molecule has 19 heavy (non-hydrogen) atoms. The zero-order valence-electron chi connectivity index (χ0n) is 10.2. The van der Waals surface area contributed by atoms with Gasteiger partial charge in [0.2, 0.25) is 0 Å². The number of anilines is 2. The first-order chi connectivity index (χ1) is 8.99. The zero-order valence-corrected chi connectivity index (χ0v) is 13.4. The van der Waals surface area contributed by atoms with Crippen molar-refractivity contribution in [2.75, 3.05) is 5.32 Å². The lowest BCUT2D eigenvalue weighted by Gasteiger charge is -2.14. The van der Waals surface area contributed by atoms with Crippen LogP contribution in [0.2, 0.25) is 5.02 Å². The quantitative estimate of drug-likeness (QED) is 0.778. The molecule has 0 aromatic heterocycles. The van der Waals surface area contributed by atoms with Gasteiger partial charge < -0.3 is 11.1 Å². The Morgan fingerprint density at radius 1 is 1.26 bits per heavy atom. The highest BCUT2D eigenvalue weighted by Gasteiger charge is 2.10. The molecule has 0 saturated heterocycles. The molecule has 2 rings (SSSR count). The number of nitrogens with one attached hydrogen (secondary N) is 1. The van der Waals surface area contributed by atoms with Gasteiger partial charge in [0, 0.05) is 15.7 Å². The van der Waals surface area contributed by atoms with Crippen molar-refractivity contribution in [2.45, 2.75) is 6.92 Å². The molecule has 0 amide bonds. The molecule has 0 aliphatic heterocycles.